The number of rotatable bonds is 12. The number of carboxylic acids is 1. The molecule has 2 aromatic rings. The van der Waals surface area contributed by atoms with Crippen molar-refractivity contribution in [2.45, 2.75) is 43.4 Å². The molecular formula is C21H28N2O7S2. The van der Waals surface area contributed by atoms with E-state index in [0.717, 1.165) is 0 Å². The fraction of sp³-hybridized carbons (Fsp3) is 0.381. The smallest absolute Gasteiger partial charge is 0.303 e. The fourth-order valence-electron chi connectivity index (χ4n) is 3.03. The average molecular weight is 485 g/mol. The van der Waals surface area contributed by atoms with E-state index in [1.165, 1.54) is 34.6 Å². The maximum atomic E-state index is 12.9. The minimum Gasteiger partial charge on any atom is -0.492 e. The first-order valence-corrected chi connectivity index (χ1v) is 13.1. The van der Waals surface area contributed by atoms with Gasteiger partial charge in [0.2, 0.25) is 10.0 Å². The summed E-state index contributed by atoms with van der Waals surface area (Å²) in [4.78, 5) is 10.6. The standard InChI is InChI=1S/C21H28N2O7S2/c1-4-23(5-2)32(28,29)18-12-13-20(30-6-3)19(15-18)22-31(26,27)17-10-7-16(8-11-17)9-14-21(24)25/h7-8,10-13,15,22H,4-6,9,14H2,1-3H3,(H,24,25). The Morgan fingerprint density at radius 3 is 2.09 bits per heavy atom. The summed E-state index contributed by atoms with van der Waals surface area (Å²) >= 11 is 0. The molecule has 176 valence electrons. The van der Waals surface area contributed by atoms with Gasteiger partial charge in [0.15, 0.2) is 0 Å². The summed E-state index contributed by atoms with van der Waals surface area (Å²) in [7, 11) is -7.85. The van der Waals surface area contributed by atoms with Gasteiger partial charge in [0.05, 0.1) is 22.1 Å². The third kappa shape index (κ3) is 6.21. The third-order valence-corrected chi connectivity index (χ3v) is 8.13. The van der Waals surface area contributed by atoms with Crippen LogP contribution in [0.4, 0.5) is 5.69 Å². The molecule has 11 heteroatoms. The van der Waals surface area contributed by atoms with E-state index in [4.69, 9.17) is 9.84 Å². The maximum absolute atomic E-state index is 12.9. The molecule has 32 heavy (non-hydrogen) atoms. The van der Waals surface area contributed by atoms with Gasteiger partial charge in [-0.1, -0.05) is 26.0 Å². The number of hydrogen-bond acceptors (Lipinski definition) is 6. The van der Waals surface area contributed by atoms with Crippen molar-refractivity contribution in [1.29, 1.82) is 0 Å². The molecule has 0 aliphatic heterocycles. The zero-order valence-electron chi connectivity index (χ0n) is 18.2. The van der Waals surface area contributed by atoms with Crippen LogP contribution >= 0.6 is 0 Å². The van der Waals surface area contributed by atoms with Gasteiger partial charge >= 0.3 is 5.97 Å². The van der Waals surface area contributed by atoms with Gasteiger partial charge in [0, 0.05) is 19.5 Å². The molecule has 0 amide bonds. The van der Waals surface area contributed by atoms with Crippen LogP contribution in [0.5, 0.6) is 5.75 Å². The number of benzene rings is 2. The highest BCUT2D eigenvalue weighted by Gasteiger charge is 2.24. The first-order chi connectivity index (χ1) is 15.0. The van der Waals surface area contributed by atoms with Crippen molar-refractivity contribution in [2.75, 3.05) is 24.4 Å². The van der Waals surface area contributed by atoms with Gasteiger partial charge in [-0.25, -0.2) is 16.8 Å². The minimum absolute atomic E-state index is 0.00929. The highest BCUT2D eigenvalue weighted by atomic mass is 32.2. The Kier molecular flexibility index (Phi) is 8.65. The lowest BCUT2D eigenvalue weighted by molar-refractivity contribution is -0.136. The Hall–Kier alpha value is -2.63. The fourth-order valence-corrected chi connectivity index (χ4v) is 5.58. The maximum Gasteiger partial charge on any atom is 0.303 e. The second kappa shape index (κ2) is 10.8. The second-order valence-corrected chi connectivity index (χ2v) is 10.4. The summed E-state index contributed by atoms with van der Waals surface area (Å²) in [6.45, 7) is 5.99. The lowest BCUT2D eigenvalue weighted by Gasteiger charge is -2.20. The molecule has 0 fully saturated rings. The van der Waals surface area contributed by atoms with Crippen molar-refractivity contribution in [2.24, 2.45) is 0 Å². The molecule has 0 radical (unpaired) electrons. The molecule has 2 aromatic carbocycles. The van der Waals surface area contributed by atoms with Crippen LogP contribution in [0.15, 0.2) is 52.3 Å². The van der Waals surface area contributed by atoms with E-state index in [9.17, 15) is 21.6 Å². The highest BCUT2D eigenvalue weighted by molar-refractivity contribution is 7.92. The Morgan fingerprint density at radius 1 is 0.969 bits per heavy atom. The van der Waals surface area contributed by atoms with Crippen LogP contribution in [0, 0.1) is 0 Å². The van der Waals surface area contributed by atoms with Crippen molar-refractivity contribution < 1.29 is 31.5 Å². The summed E-state index contributed by atoms with van der Waals surface area (Å²) in [6, 6.07) is 9.88. The van der Waals surface area contributed by atoms with Crippen LogP contribution in [0.3, 0.4) is 0 Å². The minimum atomic E-state index is -4.05. The molecule has 0 spiro atoms. The first kappa shape index (κ1) is 25.6. The van der Waals surface area contributed by atoms with E-state index in [2.05, 4.69) is 4.72 Å². The topological polar surface area (TPSA) is 130 Å². The van der Waals surface area contributed by atoms with Gasteiger partial charge in [0.25, 0.3) is 10.0 Å². The SMILES string of the molecule is CCOc1ccc(S(=O)(=O)N(CC)CC)cc1NS(=O)(=O)c1ccc(CCC(=O)O)cc1. The number of ether oxygens (including phenoxy) is 1. The quantitative estimate of drug-likeness (QED) is 0.474. The van der Waals surface area contributed by atoms with Gasteiger partial charge in [-0.2, -0.15) is 4.31 Å². The van der Waals surface area contributed by atoms with E-state index in [0.29, 0.717) is 5.56 Å². The van der Waals surface area contributed by atoms with Gasteiger partial charge in [0.1, 0.15) is 5.75 Å². The zero-order chi connectivity index (χ0) is 23.9. The molecule has 0 saturated heterocycles. The summed E-state index contributed by atoms with van der Waals surface area (Å²) < 4.78 is 60.7. The number of nitrogens with one attached hydrogen (secondary N) is 1. The van der Waals surface area contributed by atoms with Crippen LogP contribution in [-0.2, 0) is 31.3 Å². The monoisotopic (exact) mass is 484 g/mol. The van der Waals surface area contributed by atoms with Gasteiger partial charge in [-0.15, -0.1) is 0 Å². The predicted octanol–water partition coefficient (Wildman–Crippen LogP) is 2.93. The third-order valence-electron chi connectivity index (χ3n) is 4.70. The second-order valence-electron chi connectivity index (χ2n) is 6.82. The first-order valence-electron chi connectivity index (χ1n) is 10.2. The van der Waals surface area contributed by atoms with Crippen LogP contribution in [0.1, 0.15) is 32.8 Å². The zero-order valence-corrected chi connectivity index (χ0v) is 19.9. The lowest BCUT2D eigenvalue weighted by atomic mass is 10.1. The van der Waals surface area contributed by atoms with E-state index in [1.54, 1.807) is 32.9 Å². The van der Waals surface area contributed by atoms with Crippen LogP contribution in [0.25, 0.3) is 0 Å². The lowest BCUT2D eigenvalue weighted by Crippen LogP contribution is -2.30. The molecule has 0 unspecified atom stereocenters. The summed E-state index contributed by atoms with van der Waals surface area (Å²) in [5.74, 6) is -0.737. The molecule has 0 aromatic heterocycles. The largest absolute Gasteiger partial charge is 0.492 e. The molecule has 2 N–H and O–H groups in total. The van der Waals surface area contributed by atoms with Crippen LogP contribution < -0.4 is 9.46 Å². The number of anilines is 1. The van der Waals surface area contributed by atoms with Gasteiger partial charge in [-0.05, 0) is 49.2 Å². The average Bonchev–Trinajstić information content (AvgIpc) is 2.74. The van der Waals surface area contributed by atoms with E-state index in [-0.39, 0.29) is 53.8 Å². The number of carboxylic acid groups (broad SMARTS) is 1. The number of nitrogens with zero attached hydrogens (tertiary/aromatic N) is 1. The van der Waals surface area contributed by atoms with Crippen molar-refractivity contribution in [1.82, 2.24) is 4.31 Å². The van der Waals surface area contributed by atoms with Gasteiger partial charge < -0.3 is 9.84 Å². The number of aryl methyl sites for hydroxylation is 1. The number of hydrogen-bond donors (Lipinski definition) is 2. The molecule has 2 rings (SSSR count). The molecule has 0 aliphatic rings. The summed E-state index contributed by atoms with van der Waals surface area (Å²) in [6.07, 6.45) is 0.221. The van der Waals surface area contributed by atoms with Crippen molar-refractivity contribution >= 4 is 31.7 Å². The number of carbonyl (C=O) groups is 1. The Morgan fingerprint density at radius 2 is 1.56 bits per heavy atom. The number of aliphatic carboxylic acids is 1. The Labute approximate surface area is 189 Å². The summed E-state index contributed by atoms with van der Waals surface area (Å²) in [5, 5.41) is 8.77. The molecule has 0 aliphatic carbocycles. The van der Waals surface area contributed by atoms with Gasteiger partial charge in [-0.3, -0.25) is 9.52 Å². The van der Waals surface area contributed by atoms with Crippen LogP contribution in [0.2, 0.25) is 0 Å². The van der Waals surface area contributed by atoms with Crippen molar-refractivity contribution in [3.8, 4) is 5.75 Å². The molecule has 0 bridgehead atoms. The summed E-state index contributed by atoms with van der Waals surface area (Å²) in [5.41, 5.74) is 0.698. The normalized spacial score (nSPS) is 12.0. The molecule has 9 nitrogen and oxygen atoms in total. The predicted molar refractivity (Wildman–Crippen MR) is 121 cm³/mol. The van der Waals surface area contributed by atoms with Crippen molar-refractivity contribution in [3.05, 3.63) is 48.0 Å². The van der Waals surface area contributed by atoms with E-state index >= 15 is 0 Å². The van der Waals surface area contributed by atoms with E-state index in [1.807, 2.05) is 0 Å². The highest BCUT2D eigenvalue weighted by Crippen LogP contribution is 2.31. The van der Waals surface area contributed by atoms with Crippen LogP contribution in [-0.4, -0.2) is 51.9 Å². The number of sulfonamides is 2. The molecule has 0 heterocycles. The molecule has 0 saturated carbocycles. The Balaban J connectivity index is 2.39. The molecular weight excluding hydrogens is 456 g/mol. The van der Waals surface area contributed by atoms with Crippen molar-refractivity contribution in [3.63, 3.8) is 0 Å². The van der Waals surface area contributed by atoms with E-state index < -0.39 is 26.0 Å². The Bertz CT molecular complexity index is 1140. The molecule has 0 atom stereocenters.